The SMILES string of the molecule is CCC(C)C1CN(CC2(C)CC2)C(C)CN1. The highest BCUT2D eigenvalue weighted by molar-refractivity contribution is 4.95. The van der Waals surface area contributed by atoms with Crippen LogP contribution in [0.15, 0.2) is 0 Å². The summed E-state index contributed by atoms with van der Waals surface area (Å²) >= 11 is 0. The summed E-state index contributed by atoms with van der Waals surface area (Å²) < 4.78 is 0. The Morgan fingerprint density at radius 1 is 1.44 bits per heavy atom. The molecule has 1 saturated heterocycles. The number of rotatable bonds is 4. The molecule has 2 nitrogen and oxygen atoms in total. The topological polar surface area (TPSA) is 15.3 Å². The lowest BCUT2D eigenvalue weighted by molar-refractivity contribution is 0.0990. The minimum atomic E-state index is 0.658. The molecular formula is C14H28N2. The van der Waals surface area contributed by atoms with E-state index in [1.165, 1.54) is 38.9 Å². The van der Waals surface area contributed by atoms with E-state index in [1.807, 2.05) is 0 Å². The van der Waals surface area contributed by atoms with Crippen LogP contribution in [0.2, 0.25) is 0 Å². The standard InChI is InChI=1S/C14H28N2/c1-5-11(2)13-9-16(12(3)8-15-13)10-14(4)6-7-14/h11-13,15H,5-10H2,1-4H3. The van der Waals surface area contributed by atoms with Crippen LogP contribution in [0.25, 0.3) is 0 Å². The minimum Gasteiger partial charge on any atom is -0.311 e. The summed E-state index contributed by atoms with van der Waals surface area (Å²) in [6.45, 7) is 13.2. The molecule has 94 valence electrons. The monoisotopic (exact) mass is 224 g/mol. The zero-order valence-electron chi connectivity index (χ0n) is 11.4. The molecule has 0 spiro atoms. The van der Waals surface area contributed by atoms with E-state index in [4.69, 9.17) is 0 Å². The van der Waals surface area contributed by atoms with Crippen LogP contribution in [0.4, 0.5) is 0 Å². The first-order valence-corrected chi connectivity index (χ1v) is 7.01. The third kappa shape index (κ3) is 2.78. The third-order valence-corrected chi connectivity index (χ3v) is 4.75. The van der Waals surface area contributed by atoms with Crippen molar-refractivity contribution >= 4 is 0 Å². The predicted molar refractivity (Wildman–Crippen MR) is 69.6 cm³/mol. The van der Waals surface area contributed by atoms with Gasteiger partial charge in [0.2, 0.25) is 0 Å². The van der Waals surface area contributed by atoms with E-state index in [2.05, 4.69) is 37.9 Å². The van der Waals surface area contributed by atoms with Gasteiger partial charge in [0, 0.05) is 31.7 Å². The molecule has 0 aromatic rings. The molecule has 16 heavy (non-hydrogen) atoms. The van der Waals surface area contributed by atoms with Crippen LogP contribution in [0.3, 0.4) is 0 Å². The van der Waals surface area contributed by atoms with Gasteiger partial charge in [-0.05, 0) is 31.1 Å². The second-order valence-electron chi connectivity index (χ2n) is 6.49. The van der Waals surface area contributed by atoms with Crippen LogP contribution in [0.1, 0.15) is 47.0 Å². The molecule has 0 bridgehead atoms. The van der Waals surface area contributed by atoms with Gasteiger partial charge in [-0.1, -0.05) is 27.2 Å². The summed E-state index contributed by atoms with van der Waals surface area (Å²) in [4.78, 5) is 2.72. The summed E-state index contributed by atoms with van der Waals surface area (Å²) in [5.41, 5.74) is 0.658. The first-order chi connectivity index (χ1) is 7.54. The van der Waals surface area contributed by atoms with Crippen molar-refractivity contribution in [3.05, 3.63) is 0 Å². The molecule has 1 saturated carbocycles. The van der Waals surface area contributed by atoms with Gasteiger partial charge in [-0.2, -0.15) is 0 Å². The van der Waals surface area contributed by atoms with E-state index < -0.39 is 0 Å². The predicted octanol–water partition coefficient (Wildman–Crippen LogP) is 2.49. The lowest BCUT2D eigenvalue weighted by atomic mass is 9.95. The first-order valence-electron chi connectivity index (χ1n) is 7.01. The molecule has 3 unspecified atom stereocenters. The fraction of sp³-hybridized carbons (Fsp3) is 1.00. The van der Waals surface area contributed by atoms with Crippen molar-refractivity contribution in [3.8, 4) is 0 Å². The Labute approximate surface area is 101 Å². The van der Waals surface area contributed by atoms with Gasteiger partial charge in [0.1, 0.15) is 0 Å². The molecule has 0 aromatic carbocycles. The van der Waals surface area contributed by atoms with E-state index >= 15 is 0 Å². The van der Waals surface area contributed by atoms with Crippen molar-refractivity contribution in [2.45, 2.75) is 59.0 Å². The summed E-state index contributed by atoms with van der Waals surface area (Å²) in [6, 6.07) is 1.43. The van der Waals surface area contributed by atoms with Crippen molar-refractivity contribution in [3.63, 3.8) is 0 Å². The van der Waals surface area contributed by atoms with Crippen LogP contribution in [0, 0.1) is 11.3 Å². The zero-order chi connectivity index (χ0) is 11.8. The molecule has 2 heteroatoms. The summed E-state index contributed by atoms with van der Waals surface area (Å²) in [5.74, 6) is 0.807. The van der Waals surface area contributed by atoms with Crippen molar-refractivity contribution in [1.29, 1.82) is 0 Å². The van der Waals surface area contributed by atoms with E-state index in [0.717, 1.165) is 12.0 Å². The second kappa shape index (κ2) is 4.66. The quantitative estimate of drug-likeness (QED) is 0.789. The Kier molecular flexibility index (Phi) is 3.60. The molecule has 1 aliphatic carbocycles. The summed E-state index contributed by atoms with van der Waals surface area (Å²) in [6.07, 6.45) is 4.17. The summed E-state index contributed by atoms with van der Waals surface area (Å²) in [7, 11) is 0. The van der Waals surface area contributed by atoms with Gasteiger partial charge in [-0.3, -0.25) is 4.90 Å². The molecular weight excluding hydrogens is 196 g/mol. The maximum absolute atomic E-state index is 3.71. The average Bonchev–Trinajstić information content (AvgIpc) is 2.98. The number of piperazine rings is 1. The molecule has 0 aromatic heterocycles. The fourth-order valence-corrected chi connectivity index (χ4v) is 2.70. The zero-order valence-corrected chi connectivity index (χ0v) is 11.4. The van der Waals surface area contributed by atoms with E-state index in [0.29, 0.717) is 11.5 Å². The van der Waals surface area contributed by atoms with Crippen LogP contribution < -0.4 is 5.32 Å². The Hall–Kier alpha value is -0.0800. The minimum absolute atomic E-state index is 0.658. The molecule has 1 aliphatic heterocycles. The van der Waals surface area contributed by atoms with Crippen molar-refractivity contribution in [1.82, 2.24) is 10.2 Å². The molecule has 1 heterocycles. The number of nitrogens with zero attached hydrogens (tertiary/aromatic N) is 1. The highest BCUT2D eigenvalue weighted by atomic mass is 15.2. The molecule has 2 fully saturated rings. The number of hydrogen-bond acceptors (Lipinski definition) is 2. The van der Waals surface area contributed by atoms with E-state index in [-0.39, 0.29) is 0 Å². The molecule has 2 aliphatic rings. The summed E-state index contributed by atoms with van der Waals surface area (Å²) in [5, 5.41) is 3.71. The highest BCUT2D eigenvalue weighted by Gasteiger charge is 2.41. The van der Waals surface area contributed by atoms with Gasteiger partial charge in [-0.25, -0.2) is 0 Å². The van der Waals surface area contributed by atoms with Crippen LogP contribution in [-0.4, -0.2) is 36.6 Å². The van der Waals surface area contributed by atoms with Crippen LogP contribution >= 0.6 is 0 Å². The van der Waals surface area contributed by atoms with Gasteiger partial charge < -0.3 is 5.32 Å². The fourth-order valence-electron chi connectivity index (χ4n) is 2.70. The Balaban J connectivity index is 1.89. The molecule has 1 N–H and O–H groups in total. The van der Waals surface area contributed by atoms with Gasteiger partial charge in [0.05, 0.1) is 0 Å². The molecule has 2 rings (SSSR count). The van der Waals surface area contributed by atoms with Gasteiger partial charge >= 0.3 is 0 Å². The van der Waals surface area contributed by atoms with Gasteiger partial charge in [0.15, 0.2) is 0 Å². The van der Waals surface area contributed by atoms with Crippen molar-refractivity contribution < 1.29 is 0 Å². The highest BCUT2D eigenvalue weighted by Crippen LogP contribution is 2.45. The smallest absolute Gasteiger partial charge is 0.0221 e. The maximum Gasteiger partial charge on any atom is 0.0221 e. The molecule has 3 atom stereocenters. The van der Waals surface area contributed by atoms with E-state index in [1.54, 1.807) is 0 Å². The number of nitrogens with one attached hydrogen (secondary N) is 1. The van der Waals surface area contributed by atoms with Gasteiger partial charge in [-0.15, -0.1) is 0 Å². The van der Waals surface area contributed by atoms with Crippen LogP contribution in [0.5, 0.6) is 0 Å². The molecule has 0 amide bonds. The maximum atomic E-state index is 3.71. The normalized spacial score (nSPS) is 36.0. The molecule has 0 radical (unpaired) electrons. The van der Waals surface area contributed by atoms with E-state index in [9.17, 15) is 0 Å². The van der Waals surface area contributed by atoms with Crippen LogP contribution in [-0.2, 0) is 0 Å². The lowest BCUT2D eigenvalue weighted by Crippen LogP contribution is -2.58. The van der Waals surface area contributed by atoms with Gasteiger partial charge in [0.25, 0.3) is 0 Å². The Morgan fingerprint density at radius 3 is 2.69 bits per heavy atom. The first kappa shape index (κ1) is 12.4. The largest absolute Gasteiger partial charge is 0.311 e. The number of hydrogen-bond donors (Lipinski definition) is 1. The Bertz CT molecular complexity index is 235. The lowest BCUT2D eigenvalue weighted by Gasteiger charge is -2.42. The van der Waals surface area contributed by atoms with Crippen molar-refractivity contribution in [2.75, 3.05) is 19.6 Å². The third-order valence-electron chi connectivity index (χ3n) is 4.75. The second-order valence-corrected chi connectivity index (χ2v) is 6.49. The van der Waals surface area contributed by atoms with Crippen molar-refractivity contribution in [2.24, 2.45) is 11.3 Å². The average molecular weight is 224 g/mol. The Morgan fingerprint density at radius 2 is 2.12 bits per heavy atom.